The summed E-state index contributed by atoms with van der Waals surface area (Å²) in [5, 5.41) is 6.02. The van der Waals surface area contributed by atoms with E-state index in [1.54, 1.807) is 60.7 Å². The quantitative estimate of drug-likeness (QED) is 0.0787. The Balaban J connectivity index is 1.40. The van der Waals surface area contributed by atoms with Gasteiger partial charge in [0.05, 0.1) is 28.9 Å². The molecular weight excluding hydrogens is 597 g/mol. The van der Waals surface area contributed by atoms with Crippen LogP contribution < -0.4 is 14.9 Å². The smallest absolute Gasteiger partial charge is 0.343 e. The molecule has 1 amide bonds. The fourth-order valence-corrected chi connectivity index (χ4v) is 5.21. The molecule has 0 saturated heterocycles. The Bertz CT molecular complexity index is 1850. The van der Waals surface area contributed by atoms with Crippen molar-refractivity contribution >= 4 is 63.8 Å². The molecule has 0 radical (unpaired) electrons. The molecule has 0 aliphatic heterocycles. The Morgan fingerprint density at radius 2 is 1.74 bits per heavy atom. The number of fused-ring (bicyclic) bond motifs is 1. The maximum atomic E-state index is 13.4. The summed E-state index contributed by atoms with van der Waals surface area (Å²) in [6, 6.07) is 22.6. The maximum absolute atomic E-state index is 13.4. The molecule has 212 valence electrons. The number of ether oxygens (including phenoxy) is 2. The summed E-state index contributed by atoms with van der Waals surface area (Å²) < 4.78 is 11.3. The normalized spacial score (nSPS) is 11.2. The van der Waals surface area contributed by atoms with E-state index >= 15 is 0 Å². The van der Waals surface area contributed by atoms with Crippen molar-refractivity contribution in [3.8, 4) is 22.6 Å². The summed E-state index contributed by atoms with van der Waals surface area (Å²) in [5.74, 6) is -0.389. The van der Waals surface area contributed by atoms with Crippen LogP contribution in [0.15, 0.2) is 84.0 Å². The van der Waals surface area contributed by atoms with Crippen LogP contribution in [0.1, 0.15) is 38.9 Å². The van der Waals surface area contributed by atoms with Crippen LogP contribution in [0.5, 0.6) is 11.5 Å². The van der Waals surface area contributed by atoms with Gasteiger partial charge >= 0.3 is 5.97 Å². The van der Waals surface area contributed by atoms with Gasteiger partial charge in [0.15, 0.2) is 11.5 Å². The number of aryl methyl sites for hydroxylation is 1. The van der Waals surface area contributed by atoms with Crippen molar-refractivity contribution < 1.29 is 19.1 Å². The number of nitrogens with zero attached hydrogens (tertiary/aromatic N) is 1. The number of carbonyl (C=O) groups is 2. The number of aromatic amines is 1. The molecule has 0 fully saturated rings. The average Bonchev–Trinajstić information content (AvgIpc) is 3.34. The number of H-pyrrole nitrogens is 1. The van der Waals surface area contributed by atoms with Gasteiger partial charge in [-0.3, -0.25) is 4.79 Å². The predicted octanol–water partition coefficient (Wildman–Crippen LogP) is 8.49. The average molecular weight is 621 g/mol. The summed E-state index contributed by atoms with van der Waals surface area (Å²) >= 11 is 19.2. The molecule has 0 unspecified atom stereocenters. The standard InChI is InChI=1S/C32H24Cl3N3O4/c1-3-41-27-14-19(11-12-26(27)42-32(40)20-8-6-7-18(2)13-20)17-36-38-31(39)30-28(22-9-4-5-10-24(22)34)23-15-21(33)16-25(35)29(23)37-30/h4-17,37H,3H2,1-2H3,(H,38,39). The van der Waals surface area contributed by atoms with Crippen LogP contribution >= 0.6 is 34.8 Å². The molecule has 1 heterocycles. The Hall–Kier alpha value is -4.30. The first-order chi connectivity index (χ1) is 20.2. The number of halogens is 3. The Kier molecular flexibility index (Phi) is 8.83. The van der Waals surface area contributed by atoms with E-state index in [4.69, 9.17) is 44.3 Å². The summed E-state index contributed by atoms with van der Waals surface area (Å²) in [7, 11) is 0. The molecular formula is C32H24Cl3N3O4. The number of hydrogen-bond acceptors (Lipinski definition) is 5. The van der Waals surface area contributed by atoms with E-state index in [2.05, 4.69) is 15.5 Å². The number of nitrogens with one attached hydrogen (secondary N) is 2. The van der Waals surface area contributed by atoms with Gasteiger partial charge in [-0.15, -0.1) is 0 Å². The molecule has 42 heavy (non-hydrogen) atoms. The maximum Gasteiger partial charge on any atom is 0.343 e. The molecule has 0 bridgehead atoms. The summed E-state index contributed by atoms with van der Waals surface area (Å²) in [5.41, 5.74) is 6.47. The first kappa shape index (κ1) is 29.2. The van der Waals surface area contributed by atoms with Crippen molar-refractivity contribution in [3.05, 3.63) is 116 Å². The van der Waals surface area contributed by atoms with E-state index in [9.17, 15) is 9.59 Å². The number of rotatable bonds is 8. The third kappa shape index (κ3) is 6.29. The topological polar surface area (TPSA) is 92.8 Å². The van der Waals surface area contributed by atoms with E-state index in [1.165, 1.54) is 6.21 Å². The fraction of sp³-hybridized carbons (Fsp3) is 0.0938. The highest BCUT2D eigenvalue weighted by atomic mass is 35.5. The highest BCUT2D eigenvalue weighted by Gasteiger charge is 2.22. The first-order valence-electron chi connectivity index (χ1n) is 12.9. The predicted molar refractivity (Wildman–Crippen MR) is 168 cm³/mol. The van der Waals surface area contributed by atoms with E-state index in [-0.39, 0.29) is 11.4 Å². The summed E-state index contributed by atoms with van der Waals surface area (Å²) in [4.78, 5) is 29.1. The third-order valence-electron chi connectivity index (χ3n) is 6.30. The molecule has 5 aromatic rings. The van der Waals surface area contributed by atoms with E-state index in [0.717, 1.165) is 5.56 Å². The van der Waals surface area contributed by atoms with Crippen LogP contribution in [0, 0.1) is 6.92 Å². The lowest BCUT2D eigenvalue weighted by atomic mass is 10.0. The lowest BCUT2D eigenvalue weighted by Gasteiger charge is -2.11. The van der Waals surface area contributed by atoms with Crippen LogP contribution in [0.3, 0.4) is 0 Å². The Labute approximate surface area is 257 Å². The number of carbonyl (C=O) groups excluding carboxylic acids is 2. The molecule has 0 aliphatic carbocycles. The zero-order valence-corrected chi connectivity index (χ0v) is 24.8. The van der Waals surface area contributed by atoms with Gasteiger partial charge in [-0.1, -0.05) is 70.7 Å². The number of amides is 1. The molecule has 2 N–H and O–H groups in total. The zero-order chi connectivity index (χ0) is 29.8. The molecule has 4 aromatic carbocycles. The van der Waals surface area contributed by atoms with Gasteiger partial charge in [0.25, 0.3) is 5.91 Å². The number of hydrogen-bond donors (Lipinski definition) is 2. The Morgan fingerprint density at radius 1 is 0.929 bits per heavy atom. The first-order valence-corrected chi connectivity index (χ1v) is 14.0. The van der Waals surface area contributed by atoms with Crippen molar-refractivity contribution in [2.24, 2.45) is 5.10 Å². The lowest BCUT2D eigenvalue weighted by Crippen LogP contribution is -2.19. The minimum Gasteiger partial charge on any atom is -0.490 e. The zero-order valence-electron chi connectivity index (χ0n) is 22.5. The van der Waals surface area contributed by atoms with Crippen LogP contribution in [0.4, 0.5) is 0 Å². The molecule has 0 atom stereocenters. The molecule has 7 nitrogen and oxygen atoms in total. The Morgan fingerprint density at radius 3 is 2.50 bits per heavy atom. The van der Waals surface area contributed by atoms with Crippen LogP contribution in [0.2, 0.25) is 15.1 Å². The largest absolute Gasteiger partial charge is 0.490 e. The van der Waals surface area contributed by atoms with Crippen molar-refractivity contribution in [2.45, 2.75) is 13.8 Å². The van der Waals surface area contributed by atoms with Gasteiger partial charge in [-0.25, -0.2) is 10.2 Å². The molecule has 0 aliphatic rings. The lowest BCUT2D eigenvalue weighted by molar-refractivity contribution is 0.0728. The SMILES string of the molecule is CCOc1cc(C=NNC(=O)c2[nH]c3c(Cl)cc(Cl)cc3c2-c2ccccc2Cl)ccc1OC(=O)c1cccc(C)c1. The van der Waals surface area contributed by atoms with E-state index in [1.807, 2.05) is 32.0 Å². The molecule has 1 aromatic heterocycles. The second-order valence-electron chi connectivity index (χ2n) is 9.26. The van der Waals surface area contributed by atoms with Gasteiger partial charge in [-0.05, 0) is 67.9 Å². The number of benzene rings is 4. The van der Waals surface area contributed by atoms with Gasteiger partial charge in [0, 0.05) is 26.6 Å². The molecule has 5 rings (SSSR count). The number of esters is 1. The van der Waals surface area contributed by atoms with Crippen LogP contribution in [0.25, 0.3) is 22.0 Å². The molecule has 0 spiro atoms. The highest BCUT2D eigenvalue weighted by Crippen LogP contribution is 2.40. The minimum absolute atomic E-state index is 0.216. The second kappa shape index (κ2) is 12.7. The highest BCUT2D eigenvalue weighted by molar-refractivity contribution is 6.39. The van der Waals surface area contributed by atoms with Gasteiger partial charge < -0.3 is 14.5 Å². The van der Waals surface area contributed by atoms with Crippen molar-refractivity contribution in [3.63, 3.8) is 0 Å². The van der Waals surface area contributed by atoms with Crippen LogP contribution in [-0.4, -0.2) is 29.7 Å². The fourth-order valence-electron chi connectivity index (χ4n) is 4.44. The summed E-state index contributed by atoms with van der Waals surface area (Å²) in [6.07, 6.45) is 1.45. The van der Waals surface area contributed by atoms with Crippen molar-refractivity contribution in [2.75, 3.05) is 6.61 Å². The van der Waals surface area contributed by atoms with Crippen LogP contribution in [-0.2, 0) is 0 Å². The van der Waals surface area contributed by atoms with Gasteiger partial charge in [0.2, 0.25) is 0 Å². The minimum atomic E-state index is -0.515. The van der Waals surface area contributed by atoms with Crippen molar-refractivity contribution in [1.29, 1.82) is 0 Å². The van der Waals surface area contributed by atoms with E-state index in [0.29, 0.717) is 60.6 Å². The number of hydrazone groups is 1. The van der Waals surface area contributed by atoms with Gasteiger partial charge in [0.1, 0.15) is 5.69 Å². The second-order valence-corrected chi connectivity index (χ2v) is 10.5. The monoisotopic (exact) mass is 619 g/mol. The van der Waals surface area contributed by atoms with E-state index < -0.39 is 11.9 Å². The molecule has 0 saturated carbocycles. The third-order valence-corrected chi connectivity index (χ3v) is 7.14. The van der Waals surface area contributed by atoms with Crippen molar-refractivity contribution in [1.82, 2.24) is 10.4 Å². The summed E-state index contributed by atoms with van der Waals surface area (Å²) in [6.45, 7) is 4.07. The van der Waals surface area contributed by atoms with Gasteiger partial charge in [-0.2, -0.15) is 5.10 Å². The molecule has 10 heteroatoms. The number of aromatic nitrogens is 1.